The summed E-state index contributed by atoms with van der Waals surface area (Å²) in [4.78, 5) is 21.3. The number of hydrogen-bond acceptors (Lipinski definition) is 5. The molecule has 0 aromatic carbocycles. The van der Waals surface area contributed by atoms with E-state index in [-0.39, 0.29) is 5.91 Å². The van der Waals surface area contributed by atoms with Gasteiger partial charge < -0.3 is 15.0 Å². The van der Waals surface area contributed by atoms with Gasteiger partial charge >= 0.3 is 0 Å². The van der Waals surface area contributed by atoms with Crippen LogP contribution in [0.3, 0.4) is 0 Å². The number of anilines is 1. The lowest BCUT2D eigenvalue weighted by atomic mass is 10.1. The molecule has 3 aliphatic heterocycles. The monoisotopic (exact) mass is 344 g/mol. The molecule has 1 aromatic rings. The molecule has 6 heteroatoms. The second kappa shape index (κ2) is 7.70. The normalized spacial score (nSPS) is 26.6. The average molecular weight is 344 g/mol. The first kappa shape index (κ1) is 16.8. The molecule has 1 N–H and O–H groups in total. The summed E-state index contributed by atoms with van der Waals surface area (Å²) in [5.74, 6) is 0.0631. The summed E-state index contributed by atoms with van der Waals surface area (Å²) in [5.41, 5.74) is 1.53. The topological polar surface area (TPSA) is 57.7 Å². The van der Waals surface area contributed by atoms with Crippen LogP contribution in [0.15, 0.2) is 18.3 Å². The van der Waals surface area contributed by atoms with E-state index in [4.69, 9.17) is 4.74 Å². The van der Waals surface area contributed by atoms with Crippen LogP contribution in [0.2, 0.25) is 0 Å². The maximum absolute atomic E-state index is 12.6. The lowest BCUT2D eigenvalue weighted by Crippen LogP contribution is -2.44. The third kappa shape index (κ3) is 4.12. The molecule has 1 amide bonds. The van der Waals surface area contributed by atoms with Crippen molar-refractivity contribution < 1.29 is 9.53 Å². The van der Waals surface area contributed by atoms with Crippen molar-refractivity contribution in [2.24, 2.45) is 0 Å². The summed E-state index contributed by atoms with van der Waals surface area (Å²) in [6.45, 7) is 5.70. The van der Waals surface area contributed by atoms with Gasteiger partial charge in [0.1, 0.15) is 5.69 Å². The zero-order valence-electron chi connectivity index (χ0n) is 14.8. The molecule has 4 rings (SSSR count). The molecule has 3 fully saturated rings. The Balaban J connectivity index is 1.28. The largest absolute Gasteiger partial charge is 0.384 e. The van der Waals surface area contributed by atoms with Gasteiger partial charge in [-0.3, -0.25) is 14.7 Å². The number of amides is 1. The van der Waals surface area contributed by atoms with Gasteiger partial charge in [0.25, 0.3) is 5.91 Å². The van der Waals surface area contributed by atoms with Gasteiger partial charge in [0.15, 0.2) is 0 Å². The van der Waals surface area contributed by atoms with E-state index in [1.165, 1.54) is 19.3 Å². The highest BCUT2D eigenvalue weighted by molar-refractivity contribution is 5.93. The number of rotatable bonds is 5. The van der Waals surface area contributed by atoms with Gasteiger partial charge in [-0.15, -0.1) is 0 Å². The number of aromatic nitrogens is 1. The molecule has 2 atom stereocenters. The number of carbonyl (C=O) groups excluding carboxylic acids is 1. The Hall–Kier alpha value is -1.66. The van der Waals surface area contributed by atoms with Gasteiger partial charge in [-0.05, 0) is 44.2 Å². The Bertz CT molecular complexity index is 591. The summed E-state index contributed by atoms with van der Waals surface area (Å²) in [6.07, 6.45) is 8.45. The molecule has 1 aromatic heterocycles. The van der Waals surface area contributed by atoms with Gasteiger partial charge in [0.05, 0.1) is 12.2 Å². The zero-order valence-corrected chi connectivity index (χ0v) is 14.8. The molecule has 0 radical (unpaired) electrons. The third-order valence-corrected chi connectivity index (χ3v) is 5.50. The van der Waals surface area contributed by atoms with E-state index in [2.05, 4.69) is 15.2 Å². The number of nitrogens with zero attached hydrogens (tertiary/aromatic N) is 3. The van der Waals surface area contributed by atoms with Gasteiger partial charge in [0.2, 0.25) is 0 Å². The minimum Gasteiger partial charge on any atom is -0.384 e. The van der Waals surface area contributed by atoms with Crippen LogP contribution >= 0.6 is 0 Å². The first-order valence-corrected chi connectivity index (χ1v) is 9.65. The van der Waals surface area contributed by atoms with E-state index in [0.29, 0.717) is 17.9 Å². The maximum Gasteiger partial charge on any atom is 0.272 e. The number of nitrogens with one attached hydrogen (secondary N) is 1. The fourth-order valence-electron chi connectivity index (χ4n) is 4.16. The molecule has 4 heterocycles. The van der Waals surface area contributed by atoms with Crippen LogP contribution in [-0.2, 0) is 4.74 Å². The zero-order chi connectivity index (χ0) is 17.1. The Labute approximate surface area is 149 Å². The fourth-order valence-corrected chi connectivity index (χ4v) is 4.16. The SMILES string of the molecule is O=C(c1cc(NCCN2CC3CCC(C2)O3)ccn1)N1CCCCC1. The van der Waals surface area contributed by atoms with Crippen molar-refractivity contribution in [3.05, 3.63) is 24.0 Å². The van der Waals surface area contributed by atoms with Crippen molar-refractivity contribution in [3.8, 4) is 0 Å². The van der Waals surface area contributed by atoms with Gasteiger partial charge in [-0.25, -0.2) is 0 Å². The molecule has 25 heavy (non-hydrogen) atoms. The number of fused-ring (bicyclic) bond motifs is 2. The predicted molar refractivity (Wildman–Crippen MR) is 96.8 cm³/mol. The smallest absolute Gasteiger partial charge is 0.272 e. The van der Waals surface area contributed by atoms with E-state index in [0.717, 1.165) is 57.8 Å². The van der Waals surface area contributed by atoms with Gasteiger partial charge in [-0.2, -0.15) is 0 Å². The molecule has 3 saturated heterocycles. The molecular formula is C19H28N4O2. The number of pyridine rings is 1. The number of ether oxygens (including phenoxy) is 1. The van der Waals surface area contributed by atoms with Crippen LogP contribution in [0.4, 0.5) is 5.69 Å². The van der Waals surface area contributed by atoms with Crippen molar-refractivity contribution in [2.45, 2.75) is 44.3 Å². The molecule has 3 aliphatic rings. The molecular weight excluding hydrogens is 316 g/mol. The summed E-state index contributed by atoms with van der Waals surface area (Å²) in [5, 5.41) is 3.45. The number of carbonyl (C=O) groups is 1. The highest BCUT2D eigenvalue weighted by atomic mass is 16.5. The second-order valence-corrected chi connectivity index (χ2v) is 7.43. The molecule has 136 valence electrons. The van der Waals surface area contributed by atoms with Crippen molar-refractivity contribution in [1.82, 2.24) is 14.8 Å². The quantitative estimate of drug-likeness (QED) is 0.885. The Kier molecular flexibility index (Phi) is 5.17. The number of morpholine rings is 1. The number of hydrogen-bond donors (Lipinski definition) is 1. The van der Waals surface area contributed by atoms with Crippen molar-refractivity contribution in [2.75, 3.05) is 44.6 Å². The maximum atomic E-state index is 12.6. The van der Waals surface area contributed by atoms with E-state index < -0.39 is 0 Å². The lowest BCUT2D eigenvalue weighted by molar-refractivity contribution is -0.0368. The van der Waals surface area contributed by atoms with Crippen LogP contribution < -0.4 is 5.32 Å². The molecule has 0 saturated carbocycles. The average Bonchev–Trinajstić information content (AvgIpc) is 3.00. The van der Waals surface area contributed by atoms with Crippen molar-refractivity contribution >= 4 is 11.6 Å². The molecule has 2 unspecified atom stereocenters. The first-order chi connectivity index (χ1) is 12.3. The Morgan fingerprint density at radius 2 is 1.96 bits per heavy atom. The summed E-state index contributed by atoms with van der Waals surface area (Å²) >= 11 is 0. The van der Waals surface area contributed by atoms with Crippen LogP contribution in [-0.4, -0.2) is 72.2 Å². The van der Waals surface area contributed by atoms with Crippen molar-refractivity contribution in [3.63, 3.8) is 0 Å². The van der Waals surface area contributed by atoms with E-state index >= 15 is 0 Å². The van der Waals surface area contributed by atoms with E-state index in [9.17, 15) is 4.79 Å². The summed E-state index contributed by atoms with van der Waals surface area (Å²) < 4.78 is 5.88. The summed E-state index contributed by atoms with van der Waals surface area (Å²) in [7, 11) is 0. The standard InChI is InChI=1S/C19H28N4O2/c24-19(23-9-2-1-3-10-23)18-12-15(6-7-21-18)20-8-11-22-13-16-4-5-17(14-22)25-16/h6-7,12,16-17H,1-5,8-11,13-14H2,(H,20,21). The molecule has 0 spiro atoms. The Morgan fingerprint density at radius 1 is 1.20 bits per heavy atom. The number of piperidine rings is 1. The minimum absolute atomic E-state index is 0.0631. The van der Waals surface area contributed by atoms with Crippen LogP contribution in [0.5, 0.6) is 0 Å². The Morgan fingerprint density at radius 3 is 2.72 bits per heavy atom. The molecule has 0 aliphatic carbocycles. The van der Waals surface area contributed by atoms with Crippen LogP contribution in [0.25, 0.3) is 0 Å². The highest BCUT2D eigenvalue weighted by Gasteiger charge is 2.33. The van der Waals surface area contributed by atoms with E-state index in [1.54, 1.807) is 6.20 Å². The van der Waals surface area contributed by atoms with Gasteiger partial charge in [0, 0.05) is 51.2 Å². The van der Waals surface area contributed by atoms with Crippen LogP contribution in [0, 0.1) is 0 Å². The predicted octanol–water partition coefficient (Wildman–Crippen LogP) is 1.98. The van der Waals surface area contributed by atoms with Gasteiger partial charge in [-0.1, -0.05) is 0 Å². The number of likely N-dealkylation sites (tertiary alicyclic amines) is 2. The molecule has 6 nitrogen and oxygen atoms in total. The van der Waals surface area contributed by atoms with Crippen LogP contribution in [0.1, 0.15) is 42.6 Å². The summed E-state index contributed by atoms with van der Waals surface area (Å²) in [6, 6.07) is 3.83. The minimum atomic E-state index is 0.0631. The van der Waals surface area contributed by atoms with Crippen molar-refractivity contribution in [1.29, 1.82) is 0 Å². The second-order valence-electron chi connectivity index (χ2n) is 7.43. The third-order valence-electron chi connectivity index (χ3n) is 5.50. The van der Waals surface area contributed by atoms with E-state index in [1.807, 2.05) is 17.0 Å². The lowest BCUT2D eigenvalue weighted by Gasteiger charge is -2.32. The molecule has 2 bridgehead atoms. The fraction of sp³-hybridized carbons (Fsp3) is 0.684. The first-order valence-electron chi connectivity index (χ1n) is 9.65. The highest BCUT2D eigenvalue weighted by Crippen LogP contribution is 2.25.